The Morgan fingerprint density at radius 1 is 1.14 bits per heavy atom. The molecule has 0 saturated heterocycles. The average molecular weight is 247 g/mol. The van der Waals surface area contributed by atoms with E-state index in [0.717, 1.165) is 12.6 Å². The Labute approximate surface area is 96.6 Å². The second kappa shape index (κ2) is 5.76. The maximum Gasteiger partial charge on any atom is 0.278 e. The lowest BCUT2D eigenvalue weighted by molar-refractivity contribution is 0.401. The summed E-state index contributed by atoms with van der Waals surface area (Å²) in [6.07, 6.45) is 0. The minimum absolute atomic E-state index is 0.817. The molecule has 0 amide bonds. The van der Waals surface area contributed by atoms with Gasteiger partial charge in [0.2, 0.25) is 0 Å². The molecule has 4 heteroatoms. The van der Waals surface area contributed by atoms with E-state index in [2.05, 4.69) is 37.2 Å². The molecule has 0 unspecified atom stereocenters. The number of nitrogens with zero attached hydrogens (tertiary/aromatic N) is 1. The fourth-order valence-corrected chi connectivity index (χ4v) is 2.87. The van der Waals surface area contributed by atoms with Crippen LogP contribution in [-0.4, -0.2) is 26.4 Å². The normalized spacial score (nSPS) is 11.3. The van der Waals surface area contributed by atoms with E-state index in [9.17, 15) is 0 Å². The zero-order valence-electron chi connectivity index (χ0n) is 8.43. The Morgan fingerprint density at radius 2 is 1.71 bits per heavy atom. The van der Waals surface area contributed by atoms with E-state index in [4.69, 9.17) is 22.2 Å². The van der Waals surface area contributed by atoms with Crippen LogP contribution >= 0.6 is 22.2 Å². The van der Waals surface area contributed by atoms with Gasteiger partial charge in [-0.25, -0.2) is 0 Å². The summed E-state index contributed by atoms with van der Waals surface area (Å²) in [5.41, 5.74) is 2.60. The molecule has 1 aromatic carbocycles. The first kappa shape index (κ1) is 12.0. The number of hydrogen-bond donors (Lipinski definition) is 0. The third kappa shape index (κ3) is 4.01. The number of rotatable bonds is 4. The van der Waals surface area contributed by atoms with Crippen LogP contribution in [0.5, 0.6) is 0 Å². The fourth-order valence-electron chi connectivity index (χ4n) is 1.37. The standard InChI is InChI=1S/C10H14Cl2NSi/c1-13(2)7-9-5-3-4-6-10(9)8-14(11)12/h3-6H,7-8H2,1-2H3. The summed E-state index contributed by atoms with van der Waals surface area (Å²) in [5, 5.41) is 0. The first-order valence-electron chi connectivity index (χ1n) is 4.48. The van der Waals surface area contributed by atoms with Crippen molar-refractivity contribution in [1.29, 1.82) is 0 Å². The number of benzene rings is 1. The zero-order valence-corrected chi connectivity index (χ0v) is 10.9. The summed E-state index contributed by atoms with van der Waals surface area (Å²) in [7, 11) is 2.90. The summed E-state index contributed by atoms with van der Waals surface area (Å²) >= 11 is 11.7. The first-order chi connectivity index (χ1) is 6.59. The molecular weight excluding hydrogens is 233 g/mol. The fraction of sp³-hybridized carbons (Fsp3) is 0.400. The quantitative estimate of drug-likeness (QED) is 0.584. The van der Waals surface area contributed by atoms with Gasteiger partial charge in [0, 0.05) is 6.54 Å². The van der Waals surface area contributed by atoms with Gasteiger partial charge in [-0.3, -0.25) is 0 Å². The Morgan fingerprint density at radius 3 is 2.21 bits per heavy atom. The summed E-state index contributed by atoms with van der Waals surface area (Å²) in [6.45, 7) is 0.944. The van der Waals surface area contributed by atoms with Crippen LogP contribution in [0, 0.1) is 0 Å². The predicted molar refractivity (Wildman–Crippen MR) is 65.0 cm³/mol. The Balaban J connectivity index is 2.80. The molecular formula is C10H14Cl2NSi. The molecule has 0 atom stereocenters. The molecule has 1 rings (SSSR count). The molecule has 1 nitrogen and oxygen atoms in total. The molecule has 0 aliphatic rings. The predicted octanol–water partition coefficient (Wildman–Crippen LogP) is 2.80. The number of hydrogen-bond acceptors (Lipinski definition) is 1. The van der Waals surface area contributed by atoms with Crippen molar-refractivity contribution in [3.05, 3.63) is 35.4 Å². The zero-order chi connectivity index (χ0) is 10.6. The SMILES string of the molecule is CN(C)Cc1ccccc1C[Si](Cl)Cl. The lowest BCUT2D eigenvalue weighted by atomic mass is 10.1. The highest BCUT2D eigenvalue weighted by atomic mass is 35.7. The third-order valence-electron chi connectivity index (χ3n) is 1.93. The van der Waals surface area contributed by atoms with E-state index in [0.29, 0.717) is 0 Å². The molecule has 0 aliphatic carbocycles. The van der Waals surface area contributed by atoms with E-state index in [1.54, 1.807) is 0 Å². The van der Waals surface area contributed by atoms with Crippen LogP contribution in [0.2, 0.25) is 0 Å². The van der Waals surface area contributed by atoms with Crippen LogP contribution in [-0.2, 0) is 12.6 Å². The van der Waals surface area contributed by atoms with E-state index in [-0.39, 0.29) is 0 Å². The van der Waals surface area contributed by atoms with Gasteiger partial charge in [0.05, 0.1) is 0 Å². The van der Waals surface area contributed by atoms with Crippen LogP contribution in [0.3, 0.4) is 0 Å². The molecule has 77 valence electrons. The second-order valence-electron chi connectivity index (χ2n) is 3.52. The van der Waals surface area contributed by atoms with Gasteiger partial charge < -0.3 is 4.90 Å². The molecule has 0 saturated carbocycles. The van der Waals surface area contributed by atoms with Crippen LogP contribution in [0.25, 0.3) is 0 Å². The highest BCUT2D eigenvalue weighted by Gasteiger charge is 2.09. The van der Waals surface area contributed by atoms with Crippen molar-refractivity contribution in [2.24, 2.45) is 0 Å². The maximum atomic E-state index is 5.87. The molecule has 1 radical (unpaired) electrons. The molecule has 1 aromatic rings. The van der Waals surface area contributed by atoms with Crippen LogP contribution in [0.4, 0.5) is 0 Å². The number of halogens is 2. The summed E-state index contributed by atoms with van der Waals surface area (Å²) in [5.74, 6) is 0. The van der Waals surface area contributed by atoms with Gasteiger partial charge in [0.15, 0.2) is 0 Å². The van der Waals surface area contributed by atoms with E-state index >= 15 is 0 Å². The van der Waals surface area contributed by atoms with Gasteiger partial charge in [-0.15, -0.1) is 22.2 Å². The van der Waals surface area contributed by atoms with Crippen molar-refractivity contribution in [2.75, 3.05) is 14.1 Å². The molecule has 0 aromatic heterocycles. The Bertz CT molecular complexity index is 260. The Kier molecular flexibility index (Phi) is 4.96. The maximum absolute atomic E-state index is 5.87. The minimum Gasteiger partial charge on any atom is -0.305 e. The average Bonchev–Trinajstić information content (AvgIpc) is 2.06. The lowest BCUT2D eigenvalue weighted by Gasteiger charge is -2.13. The van der Waals surface area contributed by atoms with Gasteiger partial charge >= 0.3 is 0 Å². The molecule has 0 fully saturated rings. The van der Waals surface area contributed by atoms with Crippen LogP contribution < -0.4 is 0 Å². The minimum atomic E-state index is -1.22. The van der Waals surface area contributed by atoms with E-state index in [1.807, 2.05) is 6.07 Å². The Hall–Kier alpha value is -0.0231. The third-order valence-corrected chi connectivity index (χ3v) is 3.38. The molecule has 14 heavy (non-hydrogen) atoms. The highest BCUT2D eigenvalue weighted by Crippen LogP contribution is 2.14. The molecule has 0 spiro atoms. The highest BCUT2D eigenvalue weighted by molar-refractivity contribution is 7.33. The van der Waals surface area contributed by atoms with Crippen molar-refractivity contribution in [2.45, 2.75) is 12.6 Å². The topological polar surface area (TPSA) is 3.24 Å². The summed E-state index contributed by atoms with van der Waals surface area (Å²) in [4.78, 5) is 2.15. The second-order valence-corrected chi connectivity index (χ2v) is 7.87. The van der Waals surface area contributed by atoms with Crippen molar-refractivity contribution in [1.82, 2.24) is 4.90 Å². The molecule has 0 N–H and O–H groups in total. The van der Waals surface area contributed by atoms with Crippen LogP contribution in [0.15, 0.2) is 24.3 Å². The summed E-state index contributed by atoms with van der Waals surface area (Å²) in [6, 6.07) is 9.14. The summed E-state index contributed by atoms with van der Waals surface area (Å²) < 4.78 is 0. The lowest BCUT2D eigenvalue weighted by Crippen LogP contribution is -2.13. The van der Waals surface area contributed by atoms with Crippen molar-refractivity contribution >= 4 is 29.6 Å². The first-order valence-corrected chi connectivity index (χ1v) is 8.21. The van der Waals surface area contributed by atoms with Gasteiger partial charge in [0.25, 0.3) is 7.42 Å². The van der Waals surface area contributed by atoms with Gasteiger partial charge in [-0.2, -0.15) is 0 Å². The van der Waals surface area contributed by atoms with Crippen molar-refractivity contribution < 1.29 is 0 Å². The molecule has 0 aliphatic heterocycles. The van der Waals surface area contributed by atoms with Crippen molar-refractivity contribution in [3.63, 3.8) is 0 Å². The van der Waals surface area contributed by atoms with E-state index in [1.165, 1.54) is 11.1 Å². The molecule has 0 bridgehead atoms. The van der Waals surface area contributed by atoms with Crippen LogP contribution in [0.1, 0.15) is 11.1 Å². The van der Waals surface area contributed by atoms with E-state index < -0.39 is 7.42 Å². The van der Waals surface area contributed by atoms with Gasteiger partial charge in [-0.1, -0.05) is 24.3 Å². The van der Waals surface area contributed by atoms with Crippen molar-refractivity contribution in [3.8, 4) is 0 Å². The smallest absolute Gasteiger partial charge is 0.278 e. The van der Waals surface area contributed by atoms with Gasteiger partial charge in [0.1, 0.15) is 0 Å². The largest absolute Gasteiger partial charge is 0.305 e. The monoisotopic (exact) mass is 246 g/mol. The van der Waals surface area contributed by atoms with Gasteiger partial charge in [-0.05, 0) is 31.3 Å². The molecule has 0 heterocycles.